The molecule has 0 aromatic heterocycles. The molecule has 0 radical (unpaired) electrons. The fourth-order valence-corrected chi connectivity index (χ4v) is 1.77. The summed E-state index contributed by atoms with van der Waals surface area (Å²) in [6.07, 6.45) is 1.45. The van der Waals surface area contributed by atoms with E-state index in [1.165, 1.54) is 4.90 Å². The van der Waals surface area contributed by atoms with Gasteiger partial charge in [-0.25, -0.2) is 4.79 Å². The van der Waals surface area contributed by atoms with Crippen LogP contribution in [0.5, 0.6) is 0 Å². The lowest BCUT2D eigenvalue weighted by atomic mass is 10.1. The molecule has 0 bridgehead atoms. The Balaban J connectivity index is 2.65. The van der Waals surface area contributed by atoms with Crippen LogP contribution in [0.25, 0.3) is 0 Å². The first-order valence-corrected chi connectivity index (χ1v) is 6.09. The van der Waals surface area contributed by atoms with E-state index in [4.69, 9.17) is 5.11 Å². The average molecular weight is 269 g/mol. The first kappa shape index (κ1) is 15.0. The van der Waals surface area contributed by atoms with Gasteiger partial charge >= 0.3 is 12.0 Å². The Morgan fingerprint density at radius 3 is 2.79 bits per heavy atom. The van der Waals surface area contributed by atoms with Gasteiger partial charge in [0.2, 0.25) is 5.91 Å². The molecule has 19 heavy (non-hydrogen) atoms. The van der Waals surface area contributed by atoms with Crippen LogP contribution in [0.4, 0.5) is 4.79 Å². The molecule has 0 aromatic rings. The highest BCUT2D eigenvalue weighted by Gasteiger charge is 2.34. The highest BCUT2D eigenvalue weighted by Crippen LogP contribution is 2.09. The van der Waals surface area contributed by atoms with Crippen molar-refractivity contribution < 1.29 is 19.5 Å². The van der Waals surface area contributed by atoms with E-state index < -0.39 is 23.9 Å². The van der Waals surface area contributed by atoms with Crippen LogP contribution in [-0.2, 0) is 9.59 Å². The molecule has 1 aliphatic heterocycles. The van der Waals surface area contributed by atoms with E-state index in [-0.39, 0.29) is 6.42 Å². The van der Waals surface area contributed by atoms with Crippen molar-refractivity contribution in [3.8, 4) is 0 Å². The Morgan fingerprint density at radius 1 is 1.53 bits per heavy atom. The topological polar surface area (TPSA) is 98.7 Å². The third-order valence-corrected chi connectivity index (χ3v) is 2.72. The smallest absolute Gasteiger partial charge is 0.318 e. The van der Waals surface area contributed by atoms with Gasteiger partial charge < -0.3 is 20.6 Å². The van der Waals surface area contributed by atoms with E-state index >= 15 is 0 Å². The molecule has 1 rings (SSSR count). The molecule has 106 valence electrons. The molecular weight excluding hydrogens is 250 g/mol. The summed E-state index contributed by atoms with van der Waals surface area (Å²) < 4.78 is 0. The van der Waals surface area contributed by atoms with Gasteiger partial charge in [-0.2, -0.15) is 0 Å². The molecule has 1 atom stereocenters. The fourth-order valence-electron chi connectivity index (χ4n) is 1.77. The highest BCUT2D eigenvalue weighted by molar-refractivity contribution is 5.91. The lowest BCUT2D eigenvalue weighted by Gasteiger charge is -2.34. The lowest BCUT2D eigenvalue weighted by Crippen LogP contribution is -2.59. The second-order valence-corrected chi connectivity index (χ2v) is 4.57. The number of carboxylic acids is 1. The van der Waals surface area contributed by atoms with Crippen molar-refractivity contribution in [2.24, 2.45) is 0 Å². The number of carboxylic acid groups (broad SMARTS) is 1. The zero-order valence-corrected chi connectivity index (χ0v) is 11.1. The van der Waals surface area contributed by atoms with Crippen LogP contribution in [0.1, 0.15) is 20.3 Å². The average Bonchev–Trinajstić information content (AvgIpc) is 2.30. The molecule has 1 aliphatic rings. The van der Waals surface area contributed by atoms with Gasteiger partial charge in [0.05, 0.1) is 6.42 Å². The predicted octanol–water partition coefficient (Wildman–Crippen LogP) is -0.0627. The second-order valence-electron chi connectivity index (χ2n) is 4.57. The largest absolute Gasteiger partial charge is 0.481 e. The van der Waals surface area contributed by atoms with Gasteiger partial charge in [-0.1, -0.05) is 11.6 Å². The molecule has 7 heteroatoms. The molecular formula is C12H19N3O4. The third-order valence-electron chi connectivity index (χ3n) is 2.72. The molecule has 3 N–H and O–H groups in total. The first-order valence-electron chi connectivity index (χ1n) is 6.09. The SMILES string of the molecule is CC(C)=CCNC(=O)N1CCNC(=O)C1CC(=O)O. The fraction of sp³-hybridized carbons (Fsp3) is 0.583. The third kappa shape index (κ3) is 4.61. The summed E-state index contributed by atoms with van der Waals surface area (Å²) in [5.74, 6) is -1.53. The summed E-state index contributed by atoms with van der Waals surface area (Å²) in [6.45, 7) is 4.83. The monoisotopic (exact) mass is 269 g/mol. The van der Waals surface area contributed by atoms with Crippen molar-refractivity contribution >= 4 is 17.9 Å². The van der Waals surface area contributed by atoms with E-state index in [0.717, 1.165) is 5.57 Å². The van der Waals surface area contributed by atoms with E-state index in [9.17, 15) is 14.4 Å². The summed E-state index contributed by atoms with van der Waals surface area (Å²) in [4.78, 5) is 35.6. The maximum atomic E-state index is 11.9. The van der Waals surface area contributed by atoms with Gasteiger partial charge in [-0.3, -0.25) is 9.59 Å². The molecule has 7 nitrogen and oxygen atoms in total. The van der Waals surface area contributed by atoms with Crippen LogP contribution in [-0.4, -0.2) is 53.6 Å². The van der Waals surface area contributed by atoms with Crippen molar-refractivity contribution in [3.05, 3.63) is 11.6 Å². The molecule has 1 saturated heterocycles. The van der Waals surface area contributed by atoms with Crippen molar-refractivity contribution in [1.29, 1.82) is 0 Å². The highest BCUT2D eigenvalue weighted by atomic mass is 16.4. The second kappa shape index (κ2) is 6.77. The van der Waals surface area contributed by atoms with Gasteiger partial charge in [0.1, 0.15) is 6.04 Å². The molecule has 0 spiro atoms. The number of carbonyl (C=O) groups excluding carboxylic acids is 2. The minimum absolute atomic E-state index is 0.310. The summed E-state index contributed by atoms with van der Waals surface area (Å²) in [5, 5.41) is 14.0. The van der Waals surface area contributed by atoms with Gasteiger partial charge in [-0.15, -0.1) is 0 Å². The van der Waals surface area contributed by atoms with Crippen LogP contribution in [0, 0.1) is 0 Å². The number of nitrogens with one attached hydrogen (secondary N) is 2. The number of amides is 3. The van der Waals surface area contributed by atoms with E-state index in [1.807, 2.05) is 19.9 Å². The van der Waals surface area contributed by atoms with E-state index in [2.05, 4.69) is 10.6 Å². The lowest BCUT2D eigenvalue weighted by molar-refractivity contribution is -0.142. The number of rotatable bonds is 4. The summed E-state index contributed by atoms with van der Waals surface area (Å²) >= 11 is 0. The number of allylic oxidation sites excluding steroid dienone is 1. The van der Waals surface area contributed by atoms with Crippen LogP contribution >= 0.6 is 0 Å². The first-order chi connectivity index (χ1) is 8.91. The summed E-state index contributed by atoms with van der Waals surface area (Å²) in [5.41, 5.74) is 1.07. The van der Waals surface area contributed by atoms with Crippen LogP contribution in [0.15, 0.2) is 11.6 Å². The van der Waals surface area contributed by atoms with Crippen LogP contribution in [0.3, 0.4) is 0 Å². The number of hydrogen-bond donors (Lipinski definition) is 3. The predicted molar refractivity (Wildman–Crippen MR) is 68.6 cm³/mol. The molecule has 0 aromatic carbocycles. The van der Waals surface area contributed by atoms with Crippen molar-refractivity contribution in [2.45, 2.75) is 26.3 Å². The van der Waals surface area contributed by atoms with Crippen molar-refractivity contribution in [3.63, 3.8) is 0 Å². The Morgan fingerprint density at radius 2 is 2.21 bits per heavy atom. The standard InChI is InChI=1S/C12H19N3O4/c1-8(2)3-4-14-12(19)15-6-5-13-11(18)9(15)7-10(16)17/h3,9H,4-7H2,1-2H3,(H,13,18)(H,14,19)(H,16,17). The Hall–Kier alpha value is -2.05. The van der Waals surface area contributed by atoms with Gasteiger partial charge in [0, 0.05) is 19.6 Å². The van der Waals surface area contributed by atoms with Gasteiger partial charge in [0.15, 0.2) is 0 Å². The Kier molecular flexibility index (Phi) is 5.35. The zero-order valence-electron chi connectivity index (χ0n) is 11.1. The molecule has 0 aliphatic carbocycles. The quantitative estimate of drug-likeness (QED) is 0.622. The minimum Gasteiger partial charge on any atom is -0.481 e. The van der Waals surface area contributed by atoms with Gasteiger partial charge in [-0.05, 0) is 13.8 Å². The summed E-state index contributed by atoms with van der Waals surface area (Å²) in [7, 11) is 0. The molecule has 0 saturated carbocycles. The van der Waals surface area contributed by atoms with Crippen LogP contribution < -0.4 is 10.6 Å². The number of piperazine rings is 1. The van der Waals surface area contributed by atoms with Crippen LogP contribution in [0.2, 0.25) is 0 Å². The van der Waals surface area contributed by atoms with Crippen molar-refractivity contribution in [1.82, 2.24) is 15.5 Å². The number of urea groups is 1. The van der Waals surface area contributed by atoms with Gasteiger partial charge in [0.25, 0.3) is 0 Å². The molecule has 3 amide bonds. The summed E-state index contributed by atoms with van der Waals surface area (Å²) in [6, 6.07) is -1.36. The van der Waals surface area contributed by atoms with E-state index in [0.29, 0.717) is 19.6 Å². The normalized spacial score (nSPS) is 18.5. The zero-order chi connectivity index (χ0) is 14.4. The van der Waals surface area contributed by atoms with Crippen molar-refractivity contribution in [2.75, 3.05) is 19.6 Å². The molecule has 1 fully saturated rings. The Labute approximate surface area is 111 Å². The number of aliphatic carboxylic acids is 1. The molecule has 1 unspecified atom stereocenters. The van der Waals surface area contributed by atoms with E-state index in [1.54, 1.807) is 0 Å². The maximum Gasteiger partial charge on any atom is 0.318 e. The maximum absolute atomic E-state index is 11.9. The number of hydrogen-bond acceptors (Lipinski definition) is 3. The number of carbonyl (C=O) groups is 3. The number of nitrogens with zero attached hydrogens (tertiary/aromatic N) is 1. The Bertz CT molecular complexity index is 402. The molecule has 1 heterocycles. The minimum atomic E-state index is -1.11.